The van der Waals surface area contributed by atoms with Gasteiger partial charge in [-0.1, -0.05) is 0 Å². The standard InChI is InChI=1S/C18H29N3O3.ClH/c1-19-9-6-14-7-10-21(11-8-14)13-18(22)20-16-5-4-15(23-2)12-17(16)24-3;/h4-5,12,14,19H,6-11,13H2,1-3H3,(H,20,22);1H. The minimum atomic E-state index is -0.00728. The maximum Gasteiger partial charge on any atom is 0.238 e. The number of anilines is 1. The molecule has 1 fully saturated rings. The fourth-order valence-electron chi connectivity index (χ4n) is 3.08. The lowest BCUT2D eigenvalue weighted by atomic mass is 9.93. The SMILES string of the molecule is CNCCC1CCN(CC(=O)Nc2ccc(OC)cc2OC)CC1.Cl. The normalized spacial score (nSPS) is 15.3. The molecule has 1 aliphatic heterocycles. The maximum atomic E-state index is 12.3. The number of halogens is 1. The molecule has 25 heavy (non-hydrogen) atoms. The molecule has 7 heteroatoms. The predicted octanol–water partition coefficient (Wildman–Crippen LogP) is 2.39. The van der Waals surface area contributed by atoms with Gasteiger partial charge in [0.15, 0.2) is 0 Å². The van der Waals surface area contributed by atoms with Gasteiger partial charge in [-0.3, -0.25) is 9.69 Å². The third-order valence-electron chi connectivity index (χ3n) is 4.56. The summed E-state index contributed by atoms with van der Waals surface area (Å²) in [5, 5.41) is 6.14. The third kappa shape index (κ3) is 6.72. The molecule has 2 N–H and O–H groups in total. The van der Waals surface area contributed by atoms with Gasteiger partial charge in [-0.25, -0.2) is 0 Å². The zero-order valence-electron chi connectivity index (χ0n) is 15.3. The molecule has 0 atom stereocenters. The van der Waals surface area contributed by atoms with Crippen molar-refractivity contribution in [1.82, 2.24) is 10.2 Å². The summed E-state index contributed by atoms with van der Waals surface area (Å²) in [4.78, 5) is 14.5. The number of nitrogens with zero attached hydrogens (tertiary/aromatic N) is 1. The van der Waals surface area contributed by atoms with Crippen LogP contribution in [-0.2, 0) is 4.79 Å². The van der Waals surface area contributed by atoms with Crippen LogP contribution in [0, 0.1) is 5.92 Å². The summed E-state index contributed by atoms with van der Waals surface area (Å²) in [6, 6.07) is 5.38. The number of carbonyl (C=O) groups is 1. The largest absolute Gasteiger partial charge is 0.497 e. The molecule has 1 amide bonds. The number of hydrogen-bond donors (Lipinski definition) is 2. The smallest absolute Gasteiger partial charge is 0.238 e. The van der Waals surface area contributed by atoms with Crippen molar-refractivity contribution in [2.75, 3.05) is 52.8 Å². The van der Waals surface area contributed by atoms with E-state index in [9.17, 15) is 4.79 Å². The van der Waals surface area contributed by atoms with Crippen LogP contribution < -0.4 is 20.1 Å². The third-order valence-corrected chi connectivity index (χ3v) is 4.56. The van der Waals surface area contributed by atoms with Crippen molar-refractivity contribution in [3.63, 3.8) is 0 Å². The van der Waals surface area contributed by atoms with Gasteiger partial charge < -0.3 is 20.1 Å². The van der Waals surface area contributed by atoms with Crippen LogP contribution in [0.2, 0.25) is 0 Å². The number of hydrogen-bond acceptors (Lipinski definition) is 5. The molecule has 0 bridgehead atoms. The van der Waals surface area contributed by atoms with E-state index in [2.05, 4.69) is 15.5 Å². The minimum Gasteiger partial charge on any atom is -0.497 e. The Balaban J connectivity index is 0.00000312. The molecule has 0 spiro atoms. The summed E-state index contributed by atoms with van der Waals surface area (Å²) in [5.74, 6) is 2.08. The van der Waals surface area contributed by atoms with Crippen LogP contribution in [0.3, 0.4) is 0 Å². The molecule has 142 valence electrons. The summed E-state index contributed by atoms with van der Waals surface area (Å²) >= 11 is 0. The highest BCUT2D eigenvalue weighted by Crippen LogP contribution is 2.29. The highest BCUT2D eigenvalue weighted by molar-refractivity contribution is 5.93. The number of ether oxygens (including phenoxy) is 2. The van der Waals surface area contributed by atoms with Gasteiger partial charge >= 0.3 is 0 Å². The van der Waals surface area contributed by atoms with E-state index < -0.39 is 0 Å². The van der Waals surface area contributed by atoms with Crippen molar-refractivity contribution < 1.29 is 14.3 Å². The van der Waals surface area contributed by atoms with Crippen molar-refractivity contribution in [3.05, 3.63) is 18.2 Å². The second-order valence-electron chi connectivity index (χ2n) is 6.23. The Morgan fingerprint density at radius 2 is 1.96 bits per heavy atom. The first kappa shape index (κ1) is 21.5. The number of likely N-dealkylation sites (tertiary alicyclic amines) is 1. The highest BCUT2D eigenvalue weighted by atomic mass is 35.5. The Kier molecular flexibility index (Phi) is 9.63. The lowest BCUT2D eigenvalue weighted by molar-refractivity contribution is -0.117. The van der Waals surface area contributed by atoms with Gasteiger partial charge in [0, 0.05) is 6.07 Å². The first-order valence-corrected chi connectivity index (χ1v) is 8.55. The van der Waals surface area contributed by atoms with E-state index in [1.165, 1.54) is 19.3 Å². The molecule has 0 aliphatic carbocycles. The van der Waals surface area contributed by atoms with Gasteiger partial charge in [0.1, 0.15) is 11.5 Å². The number of nitrogens with one attached hydrogen (secondary N) is 2. The Labute approximate surface area is 156 Å². The number of piperidine rings is 1. The lowest BCUT2D eigenvalue weighted by Crippen LogP contribution is -2.39. The zero-order chi connectivity index (χ0) is 17.4. The molecule has 0 unspecified atom stereocenters. The predicted molar refractivity (Wildman–Crippen MR) is 103 cm³/mol. The van der Waals surface area contributed by atoms with Crippen molar-refractivity contribution in [3.8, 4) is 11.5 Å². The monoisotopic (exact) mass is 371 g/mol. The molecule has 1 saturated heterocycles. The van der Waals surface area contributed by atoms with Gasteiger partial charge in [0.25, 0.3) is 0 Å². The van der Waals surface area contributed by atoms with Gasteiger partial charge in [0.05, 0.1) is 26.5 Å². The Hall–Kier alpha value is -1.50. The summed E-state index contributed by atoms with van der Waals surface area (Å²) < 4.78 is 10.5. The van der Waals surface area contributed by atoms with Gasteiger partial charge in [-0.2, -0.15) is 0 Å². The number of benzene rings is 1. The molecule has 1 aromatic carbocycles. The van der Waals surface area contributed by atoms with Crippen molar-refractivity contribution >= 4 is 24.0 Å². The van der Waals surface area contributed by atoms with E-state index in [4.69, 9.17) is 9.47 Å². The van der Waals surface area contributed by atoms with E-state index in [1.54, 1.807) is 26.4 Å². The molecule has 1 heterocycles. The molecule has 1 aromatic rings. The van der Waals surface area contributed by atoms with E-state index >= 15 is 0 Å². The second-order valence-corrected chi connectivity index (χ2v) is 6.23. The number of rotatable bonds is 8. The fourth-order valence-corrected chi connectivity index (χ4v) is 3.08. The second kappa shape index (κ2) is 11.2. The molecule has 6 nitrogen and oxygen atoms in total. The van der Waals surface area contributed by atoms with E-state index in [0.717, 1.165) is 25.6 Å². The van der Waals surface area contributed by atoms with Crippen LogP contribution in [0.1, 0.15) is 19.3 Å². The summed E-state index contributed by atoms with van der Waals surface area (Å²) in [7, 11) is 5.18. The number of methoxy groups -OCH3 is 2. The fraction of sp³-hybridized carbons (Fsp3) is 0.611. The van der Waals surface area contributed by atoms with Gasteiger partial charge in [0.2, 0.25) is 5.91 Å². The first-order valence-electron chi connectivity index (χ1n) is 8.55. The van der Waals surface area contributed by atoms with Gasteiger partial charge in [-0.15, -0.1) is 12.4 Å². The average Bonchev–Trinajstić information content (AvgIpc) is 2.61. The van der Waals surface area contributed by atoms with Crippen molar-refractivity contribution in [2.24, 2.45) is 5.92 Å². The molecule has 2 rings (SSSR count). The zero-order valence-corrected chi connectivity index (χ0v) is 16.2. The lowest BCUT2D eigenvalue weighted by Gasteiger charge is -2.31. The van der Waals surface area contributed by atoms with E-state index in [0.29, 0.717) is 23.7 Å². The topological polar surface area (TPSA) is 62.8 Å². The Bertz CT molecular complexity index is 534. The maximum absolute atomic E-state index is 12.3. The van der Waals surface area contributed by atoms with Crippen molar-refractivity contribution in [2.45, 2.75) is 19.3 Å². The number of amides is 1. The van der Waals surface area contributed by atoms with Crippen LogP contribution >= 0.6 is 12.4 Å². The summed E-state index contributed by atoms with van der Waals surface area (Å²) in [6.07, 6.45) is 3.56. The highest BCUT2D eigenvalue weighted by Gasteiger charge is 2.20. The molecule has 1 aliphatic rings. The molecular formula is C18H30ClN3O3. The van der Waals surface area contributed by atoms with Crippen LogP contribution in [0.5, 0.6) is 11.5 Å². The summed E-state index contributed by atoms with van der Waals surface area (Å²) in [6.45, 7) is 3.47. The van der Waals surface area contributed by atoms with Crippen LogP contribution in [0.25, 0.3) is 0 Å². The molecule has 0 radical (unpaired) electrons. The number of carbonyl (C=O) groups excluding carboxylic acids is 1. The Morgan fingerprint density at radius 1 is 1.24 bits per heavy atom. The van der Waals surface area contributed by atoms with Crippen LogP contribution in [-0.4, -0.2) is 58.3 Å². The quantitative estimate of drug-likeness (QED) is 0.734. The van der Waals surface area contributed by atoms with Crippen molar-refractivity contribution in [1.29, 1.82) is 0 Å². The average molecular weight is 372 g/mol. The van der Waals surface area contributed by atoms with Crippen LogP contribution in [0.15, 0.2) is 18.2 Å². The minimum absolute atomic E-state index is 0. The molecule has 0 saturated carbocycles. The molecular weight excluding hydrogens is 342 g/mol. The van der Waals surface area contributed by atoms with Gasteiger partial charge in [-0.05, 0) is 64.0 Å². The summed E-state index contributed by atoms with van der Waals surface area (Å²) in [5.41, 5.74) is 0.673. The van der Waals surface area contributed by atoms with E-state index in [1.807, 2.05) is 13.1 Å². The Morgan fingerprint density at radius 3 is 2.56 bits per heavy atom. The van der Waals surface area contributed by atoms with E-state index in [-0.39, 0.29) is 18.3 Å². The first-order chi connectivity index (χ1) is 11.7. The molecule has 0 aromatic heterocycles. The van der Waals surface area contributed by atoms with Crippen LogP contribution in [0.4, 0.5) is 5.69 Å².